The number of aliphatic imine (C=N–C) groups is 1. The van der Waals surface area contributed by atoms with Crippen LogP contribution in [0.2, 0.25) is 0 Å². The van der Waals surface area contributed by atoms with Crippen LogP contribution in [0.25, 0.3) is 22.3 Å². The van der Waals surface area contributed by atoms with Gasteiger partial charge < -0.3 is 20.2 Å². The van der Waals surface area contributed by atoms with E-state index in [0.717, 1.165) is 61.4 Å². The lowest BCUT2D eigenvalue weighted by molar-refractivity contribution is -0.0713. The maximum atomic E-state index is 5.50. The van der Waals surface area contributed by atoms with Gasteiger partial charge in [-0.15, -0.1) is 0 Å². The number of H-pyrrole nitrogens is 1. The second-order valence-corrected chi connectivity index (χ2v) is 9.23. The number of fused-ring (bicyclic) bond motifs is 1. The number of likely N-dealkylation sites (tertiary alicyclic amines) is 1. The van der Waals surface area contributed by atoms with Crippen LogP contribution in [-0.2, 0) is 4.74 Å². The number of hydrogen-bond donors (Lipinski definition) is 2. The van der Waals surface area contributed by atoms with Crippen LogP contribution in [0.1, 0.15) is 49.8 Å². The molecule has 0 bridgehead atoms. The van der Waals surface area contributed by atoms with Crippen LogP contribution in [0.15, 0.2) is 29.4 Å². The molecule has 33 heavy (non-hydrogen) atoms. The van der Waals surface area contributed by atoms with Gasteiger partial charge in [0.1, 0.15) is 0 Å². The number of pyridine rings is 2. The summed E-state index contributed by atoms with van der Waals surface area (Å²) in [6.07, 6.45) is 5.33. The standard InChI is InChI=1S/C25H32N6O2/c1-15(2)22-23(17-10-21(32-3)25(27-11-17)28-14-26)30-20-5-4-19(29-24(20)22)16-6-8-31(9-7-16)18-12-33-13-18/h4-5,10-11,14-16,18,30H,6-9,12-13H2,1-3H3,(H2,26,27,28). The van der Waals surface area contributed by atoms with Gasteiger partial charge in [0.25, 0.3) is 0 Å². The summed E-state index contributed by atoms with van der Waals surface area (Å²) in [6, 6.07) is 6.94. The highest BCUT2D eigenvalue weighted by atomic mass is 16.5. The van der Waals surface area contributed by atoms with Crippen molar-refractivity contribution in [2.75, 3.05) is 33.4 Å². The summed E-state index contributed by atoms with van der Waals surface area (Å²) in [4.78, 5) is 19.9. The Morgan fingerprint density at radius 2 is 2.06 bits per heavy atom. The summed E-state index contributed by atoms with van der Waals surface area (Å²) in [6.45, 7) is 8.43. The van der Waals surface area contributed by atoms with Crippen molar-refractivity contribution in [3.8, 4) is 17.0 Å². The summed E-state index contributed by atoms with van der Waals surface area (Å²) < 4.78 is 10.9. The Morgan fingerprint density at radius 3 is 2.70 bits per heavy atom. The van der Waals surface area contributed by atoms with E-state index in [9.17, 15) is 0 Å². The van der Waals surface area contributed by atoms with Crippen molar-refractivity contribution < 1.29 is 9.47 Å². The highest BCUT2D eigenvalue weighted by molar-refractivity contribution is 5.89. The zero-order valence-corrected chi connectivity index (χ0v) is 19.5. The van der Waals surface area contributed by atoms with Gasteiger partial charge in [-0.3, -0.25) is 9.88 Å². The first-order valence-electron chi connectivity index (χ1n) is 11.7. The average molecular weight is 449 g/mol. The van der Waals surface area contributed by atoms with E-state index < -0.39 is 0 Å². The van der Waals surface area contributed by atoms with E-state index in [4.69, 9.17) is 20.2 Å². The van der Waals surface area contributed by atoms with Gasteiger partial charge in [-0.05, 0) is 50.0 Å². The van der Waals surface area contributed by atoms with E-state index in [0.29, 0.717) is 29.4 Å². The number of methoxy groups -OCH3 is 1. The summed E-state index contributed by atoms with van der Waals surface area (Å²) in [5.41, 5.74) is 11.9. The van der Waals surface area contributed by atoms with Gasteiger partial charge >= 0.3 is 0 Å². The topological polar surface area (TPSA) is 102 Å². The fourth-order valence-corrected chi connectivity index (χ4v) is 5.00. The van der Waals surface area contributed by atoms with Crippen LogP contribution in [0.3, 0.4) is 0 Å². The number of aromatic nitrogens is 3. The Labute approximate surface area is 194 Å². The molecule has 0 atom stereocenters. The molecule has 5 rings (SSSR count). The number of hydrogen-bond acceptors (Lipinski definition) is 6. The number of nitrogens with zero attached hydrogens (tertiary/aromatic N) is 4. The zero-order chi connectivity index (χ0) is 22.9. The fourth-order valence-electron chi connectivity index (χ4n) is 5.00. The minimum absolute atomic E-state index is 0.296. The van der Waals surface area contributed by atoms with E-state index in [2.05, 4.69) is 45.8 Å². The number of rotatable bonds is 6. The minimum Gasteiger partial charge on any atom is -0.493 e. The zero-order valence-electron chi connectivity index (χ0n) is 19.5. The number of aromatic amines is 1. The highest BCUT2D eigenvalue weighted by Gasteiger charge is 2.31. The molecule has 3 aromatic heterocycles. The smallest absolute Gasteiger partial charge is 0.196 e. The molecule has 0 spiro atoms. The molecule has 0 saturated carbocycles. The minimum atomic E-state index is 0.296. The molecule has 8 heteroatoms. The molecule has 3 aromatic rings. The molecule has 8 nitrogen and oxygen atoms in total. The van der Waals surface area contributed by atoms with Gasteiger partial charge in [0.15, 0.2) is 11.6 Å². The second-order valence-electron chi connectivity index (χ2n) is 9.23. The van der Waals surface area contributed by atoms with Crippen LogP contribution in [0.4, 0.5) is 5.82 Å². The van der Waals surface area contributed by atoms with E-state index in [1.54, 1.807) is 7.11 Å². The first kappa shape index (κ1) is 21.9. The van der Waals surface area contributed by atoms with Crippen molar-refractivity contribution in [2.24, 2.45) is 10.7 Å². The molecule has 174 valence electrons. The predicted molar refractivity (Wildman–Crippen MR) is 130 cm³/mol. The van der Waals surface area contributed by atoms with Crippen LogP contribution in [-0.4, -0.2) is 65.6 Å². The normalized spacial score (nSPS) is 18.4. The second kappa shape index (κ2) is 9.11. The van der Waals surface area contributed by atoms with Gasteiger partial charge in [0.2, 0.25) is 0 Å². The molecule has 0 amide bonds. The Morgan fingerprint density at radius 1 is 1.27 bits per heavy atom. The molecule has 2 saturated heterocycles. The van der Waals surface area contributed by atoms with Crippen LogP contribution in [0.5, 0.6) is 5.75 Å². The summed E-state index contributed by atoms with van der Waals surface area (Å²) >= 11 is 0. The van der Waals surface area contributed by atoms with Crippen molar-refractivity contribution in [3.05, 3.63) is 35.7 Å². The van der Waals surface area contributed by atoms with E-state index in [-0.39, 0.29) is 0 Å². The fraction of sp³-hybridized carbons (Fsp3) is 0.480. The van der Waals surface area contributed by atoms with Gasteiger partial charge in [-0.25, -0.2) is 9.98 Å². The van der Waals surface area contributed by atoms with E-state index >= 15 is 0 Å². The number of nitrogens with two attached hydrogens (primary N) is 1. The average Bonchev–Trinajstić information content (AvgIpc) is 3.18. The van der Waals surface area contributed by atoms with Crippen LogP contribution >= 0.6 is 0 Å². The van der Waals surface area contributed by atoms with Crippen molar-refractivity contribution in [3.63, 3.8) is 0 Å². The lowest BCUT2D eigenvalue weighted by Gasteiger charge is -2.41. The van der Waals surface area contributed by atoms with Crippen molar-refractivity contribution in [2.45, 2.75) is 44.6 Å². The first-order valence-corrected chi connectivity index (χ1v) is 11.7. The third-order valence-electron chi connectivity index (χ3n) is 6.90. The molecule has 2 aliphatic heterocycles. The highest BCUT2D eigenvalue weighted by Crippen LogP contribution is 2.38. The van der Waals surface area contributed by atoms with Crippen molar-refractivity contribution >= 4 is 23.2 Å². The summed E-state index contributed by atoms with van der Waals surface area (Å²) in [7, 11) is 1.61. The monoisotopic (exact) mass is 448 g/mol. The maximum absolute atomic E-state index is 5.50. The lowest BCUT2D eigenvalue weighted by Crippen LogP contribution is -2.51. The molecular weight excluding hydrogens is 416 g/mol. The van der Waals surface area contributed by atoms with E-state index in [1.165, 1.54) is 17.6 Å². The maximum Gasteiger partial charge on any atom is 0.196 e. The van der Waals surface area contributed by atoms with Gasteiger partial charge in [-0.2, -0.15) is 0 Å². The Bertz CT molecular complexity index is 1160. The molecule has 0 aliphatic carbocycles. The summed E-state index contributed by atoms with van der Waals surface area (Å²) in [5, 5.41) is 0. The van der Waals surface area contributed by atoms with Crippen molar-refractivity contribution in [1.29, 1.82) is 0 Å². The van der Waals surface area contributed by atoms with Crippen molar-refractivity contribution in [1.82, 2.24) is 19.9 Å². The van der Waals surface area contributed by atoms with Gasteiger partial charge in [0, 0.05) is 28.9 Å². The third kappa shape index (κ3) is 4.09. The van der Waals surface area contributed by atoms with Crippen LogP contribution < -0.4 is 10.5 Å². The Balaban J connectivity index is 1.48. The quantitative estimate of drug-likeness (QED) is 0.437. The largest absolute Gasteiger partial charge is 0.493 e. The van der Waals surface area contributed by atoms with E-state index in [1.807, 2.05) is 12.3 Å². The Hall–Kier alpha value is -2.97. The molecule has 2 aliphatic rings. The number of piperidine rings is 1. The predicted octanol–water partition coefficient (Wildman–Crippen LogP) is 3.95. The molecule has 3 N–H and O–H groups in total. The number of nitrogens with one attached hydrogen (secondary N) is 1. The molecule has 0 unspecified atom stereocenters. The molecule has 2 fully saturated rings. The SMILES string of the molecule is COc1cc(-c2[nH]c3ccc(C4CCN(C5COC5)CC4)nc3c2C(C)C)cnc1N=CN. The molecule has 5 heterocycles. The Kier molecular flexibility index (Phi) is 6.03. The lowest BCUT2D eigenvalue weighted by atomic mass is 9.91. The summed E-state index contributed by atoms with van der Waals surface area (Å²) in [5.74, 6) is 1.84. The first-order chi connectivity index (χ1) is 16.1. The van der Waals surface area contributed by atoms with Gasteiger partial charge in [0.05, 0.1) is 49.4 Å². The molecule has 0 aromatic carbocycles. The third-order valence-corrected chi connectivity index (χ3v) is 6.90. The molecular formula is C25H32N6O2. The number of ether oxygens (including phenoxy) is 2. The molecule has 0 radical (unpaired) electrons. The van der Waals surface area contributed by atoms with Gasteiger partial charge in [-0.1, -0.05) is 13.8 Å². The van der Waals surface area contributed by atoms with Crippen LogP contribution in [0, 0.1) is 0 Å².